The SMILES string of the molecule is CC(C)OCCNCC1CCC1. The van der Waals surface area contributed by atoms with E-state index in [0.29, 0.717) is 6.10 Å². The summed E-state index contributed by atoms with van der Waals surface area (Å²) in [7, 11) is 0. The van der Waals surface area contributed by atoms with Gasteiger partial charge in [-0.3, -0.25) is 0 Å². The van der Waals surface area contributed by atoms with Crippen LogP contribution in [0, 0.1) is 5.92 Å². The van der Waals surface area contributed by atoms with Gasteiger partial charge in [-0.15, -0.1) is 0 Å². The van der Waals surface area contributed by atoms with Crippen molar-refractivity contribution in [2.45, 2.75) is 39.2 Å². The summed E-state index contributed by atoms with van der Waals surface area (Å²) < 4.78 is 5.41. The summed E-state index contributed by atoms with van der Waals surface area (Å²) in [5.74, 6) is 0.962. The maximum absolute atomic E-state index is 5.41. The van der Waals surface area contributed by atoms with E-state index >= 15 is 0 Å². The van der Waals surface area contributed by atoms with Crippen LogP contribution in [0.25, 0.3) is 0 Å². The Kier molecular flexibility index (Phi) is 4.62. The minimum atomic E-state index is 0.371. The van der Waals surface area contributed by atoms with Gasteiger partial charge in [0.25, 0.3) is 0 Å². The van der Waals surface area contributed by atoms with Gasteiger partial charge < -0.3 is 10.1 Å². The molecule has 72 valence electrons. The van der Waals surface area contributed by atoms with Gasteiger partial charge in [-0.25, -0.2) is 0 Å². The van der Waals surface area contributed by atoms with E-state index < -0.39 is 0 Å². The molecular weight excluding hydrogens is 150 g/mol. The number of hydrogen-bond acceptors (Lipinski definition) is 2. The van der Waals surface area contributed by atoms with Crippen LogP contribution >= 0.6 is 0 Å². The molecule has 0 spiro atoms. The topological polar surface area (TPSA) is 21.3 Å². The molecule has 2 heteroatoms. The molecule has 1 N–H and O–H groups in total. The third-order valence-corrected chi connectivity index (χ3v) is 2.39. The Bertz CT molecular complexity index is 110. The molecule has 2 nitrogen and oxygen atoms in total. The first kappa shape index (κ1) is 10.0. The lowest BCUT2D eigenvalue weighted by Gasteiger charge is -2.25. The smallest absolute Gasteiger partial charge is 0.0594 e. The van der Waals surface area contributed by atoms with E-state index in [9.17, 15) is 0 Å². The van der Waals surface area contributed by atoms with Gasteiger partial charge in [-0.2, -0.15) is 0 Å². The number of nitrogens with one attached hydrogen (secondary N) is 1. The van der Waals surface area contributed by atoms with E-state index in [0.717, 1.165) is 19.1 Å². The van der Waals surface area contributed by atoms with Crippen molar-refractivity contribution in [3.05, 3.63) is 0 Å². The molecule has 0 unspecified atom stereocenters. The molecule has 0 heterocycles. The number of ether oxygens (including phenoxy) is 1. The first-order chi connectivity index (χ1) is 5.79. The first-order valence-electron chi connectivity index (χ1n) is 5.11. The van der Waals surface area contributed by atoms with Gasteiger partial charge in [0, 0.05) is 6.54 Å². The van der Waals surface area contributed by atoms with Crippen molar-refractivity contribution in [2.75, 3.05) is 19.7 Å². The minimum absolute atomic E-state index is 0.371. The van der Waals surface area contributed by atoms with Crippen molar-refractivity contribution < 1.29 is 4.74 Å². The predicted molar refractivity (Wildman–Crippen MR) is 51.3 cm³/mol. The van der Waals surface area contributed by atoms with Gasteiger partial charge in [0.1, 0.15) is 0 Å². The van der Waals surface area contributed by atoms with Crippen LogP contribution in [0.3, 0.4) is 0 Å². The first-order valence-corrected chi connectivity index (χ1v) is 5.11. The summed E-state index contributed by atoms with van der Waals surface area (Å²) in [4.78, 5) is 0. The molecule has 0 saturated heterocycles. The highest BCUT2D eigenvalue weighted by Crippen LogP contribution is 2.24. The molecule has 0 aliphatic heterocycles. The van der Waals surface area contributed by atoms with Crippen molar-refractivity contribution in [1.29, 1.82) is 0 Å². The lowest BCUT2D eigenvalue weighted by Crippen LogP contribution is -2.30. The molecule has 0 radical (unpaired) electrons. The monoisotopic (exact) mass is 171 g/mol. The molecule has 1 rings (SSSR count). The number of hydrogen-bond donors (Lipinski definition) is 1. The standard InChI is InChI=1S/C10H21NO/c1-9(2)12-7-6-11-8-10-4-3-5-10/h9-11H,3-8H2,1-2H3. The van der Waals surface area contributed by atoms with E-state index in [2.05, 4.69) is 19.2 Å². The van der Waals surface area contributed by atoms with Gasteiger partial charge >= 0.3 is 0 Å². The van der Waals surface area contributed by atoms with Crippen LogP contribution in [0.5, 0.6) is 0 Å². The Hall–Kier alpha value is -0.0800. The lowest BCUT2D eigenvalue weighted by atomic mass is 9.85. The second-order valence-electron chi connectivity index (χ2n) is 3.92. The van der Waals surface area contributed by atoms with E-state index in [1.807, 2.05) is 0 Å². The maximum atomic E-state index is 5.41. The largest absolute Gasteiger partial charge is 0.377 e. The molecule has 1 saturated carbocycles. The lowest BCUT2D eigenvalue weighted by molar-refractivity contribution is 0.0797. The summed E-state index contributed by atoms with van der Waals surface area (Å²) >= 11 is 0. The van der Waals surface area contributed by atoms with Crippen molar-refractivity contribution >= 4 is 0 Å². The second kappa shape index (κ2) is 5.55. The van der Waals surface area contributed by atoms with Gasteiger partial charge in [0.15, 0.2) is 0 Å². The fourth-order valence-corrected chi connectivity index (χ4v) is 1.37. The molecule has 12 heavy (non-hydrogen) atoms. The van der Waals surface area contributed by atoms with Gasteiger partial charge in [-0.1, -0.05) is 6.42 Å². The van der Waals surface area contributed by atoms with E-state index in [1.54, 1.807) is 0 Å². The molecule has 0 amide bonds. The molecule has 0 bridgehead atoms. The number of rotatable bonds is 6. The van der Waals surface area contributed by atoms with Crippen LogP contribution in [0.4, 0.5) is 0 Å². The Balaban J connectivity index is 1.76. The third kappa shape index (κ3) is 4.07. The average Bonchev–Trinajstić information content (AvgIpc) is 1.92. The summed E-state index contributed by atoms with van der Waals surface area (Å²) in [5, 5.41) is 3.42. The summed E-state index contributed by atoms with van der Waals surface area (Å²) in [6.07, 6.45) is 4.67. The van der Waals surface area contributed by atoms with Crippen LogP contribution in [-0.4, -0.2) is 25.8 Å². The molecule has 1 fully saturated rings. The molecule has 0 aromatic rings. The second-order valence-corrected chi connectivity index (χ2v) is 3.92. The fourth-order valence-electron chi connectivity index (χ4n) is 1.37. The summed E-state index contributed by atoms with van der Waals surface area (Å²) in [5.41, 5.74) is 0. The normalized spacial score (nSPS) is 18.2. The molecular formula is C10H21NO. The average molecular weight is 171 g/mol. The van der Waals surface area contributed by atoms with Crippen LogP contribution in [0.2, 0.25) is 0 Å². The zero-order chi connectivity index (χ0) is 8.81. The third-order valence-electron chi connectivity index (χ3n) is 2.39. The molecule has 0 aromatic carbocycles. The van der Waals surface area contributed by atoms with Crippen LogP contribution in [-0.2, 0) is 4.74 Å². The van der Waals surface area contributed by atoms with Crippen molar-refractivity contribution in [3.63, 3.8) is 0 Å². The van der Waals surface area contributed by atoms with E-state index in [-0.39, 0.29) is 0 Å². The Morgan fingerprint density at radius 1 is 1.42 bits per heavy atom. The Morgan fingerprint density at radius 3 is 2.67 bits per heavy atom. The summed E-state index contributed by atoms with van der Waals surface area (Å²) in [6.45, 7) is 7.21. The predicted octanol–water partition coefficient (Wildman–Crippen LogP) is 1.80. The van der Waals surface area contributed by atoms with Gasteiger partial charge in [0.05, 0.1) is 12.7 Å². The highest BCUT2D eigenvalue weighted by atomic mass is 16.5. The zero-order valence-corrected chi connectivity index (χ0v) is 8.31. The van der Waals surface area contributed by atoms with Crippen LogP contribution < -0.4 is 5.32 Å². The zero-order valence-electron chi connectivity index (χ0n) is 8.31. The maximum Gasteiger partial charge on any atom is 0.0594 e. The Labute approximate surface area is 75.7 Å². The molecule has 0 aromatic heterocycles. The Morgan fingerprint density at radius 2 is 2.17 bits per heavy atom. The fraction of sp³-hybridized carbons (Fsp3) is 1.00. The van der Waals surface area contributed by atoms with Gasteiger partial charge in [-0.05, 0) is 39.2 Å². The van der Waals surface area contributed by atoms with Crippen molar-refractivity contribution in [1.82, 2.24) is 5.32 Å². The quantitative estimate of drug-likeness (QED) is 0.615. The van der Waals surface area contributed by atoms with Crippen LogP contribution in [0.15, 0.2) is 0 Å². The summed E-state index contributed by atoms with van der Waals surface area (Å²) in [6, 6.07) is 0. The molecule has 0 atom stereocenters. The van der Waals surface area contributed by atoms with Crippen LogP contribution in [0.1, 0.15) is 33.1 Å². The van der Waals surface area contributed by atoms with Gasteiger partial charge in [0.2, 0.25) is 0 Å². The van der Waals surface area contributed by atoms with Crippen molar-refractivity contribution in [2.24, 2.45) is 5.92 Å². The highest BCUT2D eigenvalue weighted by Gasteiger charge is 2.15. The van der Waals surface area contributed by atoms with Crippen molar-refractivity contribution in [3.8, 4) is 0 Å². The minimum Gasteiger partial charge on any atom is -0.377 e. The van der Waals surface area contributed by atoms with E-state index in [4.69, 9.17) is 4.74 Å². The molecule has 1 aliphatic rings. The highest BCUT2D eigenvalue weighted by molar-refractivity contribution is 4.71. The van der Waals surface area contributed by atoms with E-state index in [1.165, 1.54) is 25.8 Å². The molecule has 1 aliphatic carbocycles.